The van der Waals surface area contributed by atoms with Gasteiger partial charge in [-0.1, -0.05) is 30.3 Å². The molecule has 0 saturated heterocycles. The third kappa shape index (κ3) is 2.29. The van der Waals surface area contributed by atoms with Gasteiger partial charge in [-0.2, -0.15) is 0 Å². The van der Waals surface area contributed by atoms with Crippen molar-refractivity contribution in [1.82, 2.24) is 5.32 Å². The number of ether oxygens (including phenoxy) is 1. The van der Waals surface area contributed by atoms with Crippen LogP contribution in [0.3, 0.4) is 0 Å². The molecule has 0 aromatic heterocycles. The van der Waals surface area contributed by atoms with Crippen molar-refractivity contribution in [3.05, 3.63) is 65.0 Å². The number of hydrogen-bond donors (Lipinski definition) is 1. The molecule has 2 unspecified atom stereocenters. The van der Waals surface area contributed by atoms with E-state index in [9.17, 15) is 4.39 Å². The number of fused-ring (bicyclic) bond motifs is 1. The maximum absolute atomic E-state index is 13.7. The van der Waals surface area contributed by atoms with Crippen LogP contribution in [0.5, 0.6) is 5.75 Å². The van der Waals surface area contributed by atoms with Crippen LogP contribution in [0.2, 0.25) is 0 Å². The van der Waals surface area contributed by atoms with Crippen molar-refractivity contribution in [1.29, 1.82) is 0 Å². The van der Waals surface area contributed by atoms with Gasteiger partial charge in [-0.05, 0) is 37.2 Å². The van der Waals surface area contributed by atoms with Gasteiger partial charge >= 0.3 is 0 Å². The van der Waals surface area contributed by atoms with Gasteiger partial charge in [-0.15, -0.1) is 0 Å². The number of para-hydroxylation sites is 1. The third-order valence-corrected chi connectivity index (χ3v) is 3.93. The van der Waals surface area contributed by atoms with Gasteiger partial charge in [0.1, 0.15) is 17.7 Å². The topological polar surface area (TPSA) is 21.3 Å². The highest BCUT2D eigenvalue weighted by Crippen LogP contribution is 2.40. The molecule has 0 aliphatic carbocycles. The molecule has 0 spiro atoms. The zero-order valence-electron chi connectivity index (χ0n) is 11.7. The fourth-order valence-corrected chi connectivity index (χ4v) is 2.71. The average Bonchev–Trinajstić information content (AvgIpc) is 2.49. The molecule has 0 amide bonds. The standard InChI is InChI=1S/C17H18FNO/c1-11-7-8-12(9-14(11)18)17-10-15(19-2)13-5-3-4-6-16(13)20-17/h3-9,15,17,19H,10H2,1-2H3. The van der Waals surface area contributed by atoms with Crippen molar-refractivity contribution in [2.45, 2.75) is 25.5 Å². The summed E-state index contributed by atoms with van der Waals surface area (Å²) in [4.78, 5) is 0. The molecular formula is C17H18FNO. The van der Waals surface area contributed by atoms with E-state index in [1.807, 2.05) is 37.4 Å². The first kappa shape index (κ1) is 13.1. The van der Waals surface area contributed by atoms with Crippen molar-refractivity contribution < 1.29 is 9.13 Å². The van der Waals surface area contributed by atoms with Gasteiger partial charge in [-0.3, -0.25) is 0 Å². The van der Waals surface area contributed by atoms with Crippen LogP contribution in [0.15, 0.2) is 42.5 Å². The van der Waals surface area contributed by atoms with Crippen molar-refractivity contribution in [3.8, 4) is 5.75 Å². The summed E-state index contributed by atoms with van der Waals surface area (Å²) in [5, 5.41) is 3.31. The fourth-order valence-electron chi connectivity index (χ4n) is 2.71. The molecule has 2 aromatic carbocycles. The highest BCUT2D eigenvalue weighted by Gasteiger charge is 2.28. The van der Waals surface area contributed by atoms with Crippen molar-refractivity contribution >= 4 is 0 Å². The third-order valence-electron chi connectivity index (χ3n) is 3.93. The summed E-state index contributed by atoms with van der Waals surface area (Å²) in [5.74, 6) is 0.704. The van der Waals surface area contributed by atoms with E-state index < -0.39 is 0 Å². The minimum absolute atomic E-state index is 0.113. The molecule has 1 heterocycles. The van der Waals surface area contributed by atoms with Crippen LogP contribution in [0.1, 0.15) is 35.3 Å². The molecule has 20 heavy (non-hydrogen) atoms. The SMILES string of the molecule is CNC1CC(c2ccc(C)c(F)c2)Oc2ccccc21. The van der Waals surface area contributed by atoms with E-state index in [2.05, 4.69) is 11.4 Å². The molecule has 1 aliphatic rings. The van der Waals surface area contributed by atoms with Crippen LogP contribution in [-0.2, 0) is 0 Å². The van der Waals surface area contributed by atoms with Gasteiger partial charge < -0.3 is 10.1 Å². The lowest BCUT2D eigenvalue weighted by molar-refractivity contribution is 0.153. The Labute approximate surface area is 118 Å². The Morgan fingerprint density at radius 3 is 2.75 bits per heavy atom. The Kier molecular flexibility index (Phi) is 3.45. The van der Waals surface area contributed by atoms with E-state index >= 15 is 0 Å². The average molecular weight is 271 g/mol. The minimum Gasteiger partial charge on any atom is -0.485 e. The second-order valence-corrected chi connectivity index (χ2v) is 5.23. The van der Waals surface area contributed by atoms with Crippen LogP contribution in [0.25, 0.3) is 0 Å². The zero-order valence-corrected chi connectivity index (χ0v) is 11.7. The maximum atomic E-state index is 13.7. The minimum atomic E-state index is -0.175. The van der Waals surface area contributed by atoms with Gasteiger partial charge in [0, 0.05) is 18.0 Å². The molecule has 0 saturated carbocycles. The molecule has 0 radical (unpaired) electrons. The summed E-state index contributed by atoms with van der Waals surface area (Å²) in [6.07, 6.45) is 0.688. The molecule has 104 valence electrons. The number of rotatable bonds is 2. The van der Waals surface area contributed by atoms with E-state index in [-0.39, 0.29) is 18.0 Å². The first-order valence-electron chi connectivity index (χ1n) is 6.88. The lowest BCUT2D eigenvalue weighted by Gasteiger charge is -2.32. The van der Waals surface area contributed by atoms with Crippen molar-refractivity contribution in [3.63, 3.8) is 0 Å². The molecule has 0 fully saturated rings. The lowest BCUT2D eigenvalue weighted by atomic mass is 9.92. The molecule has 1 N–H and O–H groups in total. The molecule has 2 atom stereocenters. The maximum Gasteiger partial charge on any atom is 0.126 e. The predicted molar refractivity (Wildman–Crippen MR) is 77.4 cm³/mol. The molecule has 3 rings (SSSR count). The van der Waals surface area contributed by atoms with E-state index in [4.69, 9.17) is 4.74 Å². The second kappa shape index (κ2) is 5.25. The number of benzene rings is 2. The molecule has 2 aromatic rings. The second-order valence-electron chi connectivity index (χ2n) is 5.23. The molecule has 2 nitrogen and oxygen atoms in total. The van der Waals surface area contributed by atoms with Gasteiger partial charge in [0.05, 0.1) is 0 Å². The number of aryl methyl sites for hydroxylation is 1. The normalized spacial score (nSPS) is 21.1. The molecular weight excluding hydrogens is 253 g/mol. The first-order valence-corrected chi connectivity index (χ1v) is 6.88. The Morgan fingerprint density at radius 2 is 2.00 bits per heavy atom. The van der Waals surface area contributed by atoms with E-state index in [1.54, 1.807) is 13.0 Å². The van der Waals surface area contributed by atoms with Gasteiger partial charge in [0.15, 0.2) is 0 Å². The summed E-state index contributed by atoms with van der Waals surface area (Å²) >= 11 is 0. The number of nitrogens with one attached hydrogen (secondary N) is 1. The summed E-state index contributed by atoms with van der Waals surface area (Å²) in [7, 11) is 1.94. The molecule has 1 aliphatic heterocycles. The van der Waals surface area contributed by atoms with Crippen LogP contribution in [-0.4, -0.2) is 7.05 Å². The van der Waals surface area contributed by atoms with Crippen LogP contribution in [0.4, 0.5) is 4.39 Å². The number of hydrogen-bond acceptors (Lipinski definition) is 2. The lowest BCUT2D eigenvalue weighted by Crippen LogP contribution is -2.26. The highest BCUT2D eigenvalue weighted by molar-refractivity contribution is 5.39. The highest BCUT2D eigenvalue weighted by atomic mass is 19.1. The summed E-state index contributed by atoms with van der Waals surface area (Å²) in [6.45, 7) is 1.77. The monoisotopic (exact) mass is 271 g/mol. The smallest absolute Gasteiger partial charge is 0.126 e. The summed E-state index contributed by atoms with van der Waals surface area (Å²) in [6, 6.07) is 13.6. The Hall–Kier alpha value is -1.87. The summed E-state index contributed by atoms with van der Waals surface area (Å²) < 4.78 is 19.8. The Bertz CT molecular complexity index is 626. The van der Waals surface area contributed by atoms with E-state index in [0.29, 0.717) is 5.56 Å². The quantitative estimate of drug-likeness (QED) is 0.894. The summed E-state index contributed by atoms with van der Waals surface area (Å²) in [5.41, 5.74) is 2.72. The van der Waals surface area contributed by atoms with Gasteiger partial charge in [0.25, 0.3) is 0 Å². The molecule has 0 bridgehead atoms. The van der Waals surface area contributed by atoms with E-state index in [1.165, 1.54) is 5.56 Å². The fraction of sp³-hybridized carbons (Fsp3) is 0.294. The van der Waals surface area contributed by atoms with Crippen LogP contribution in [0, 0.1) is 12.7 Å². The Morgan fingerprint density at radius 1 is 1.20 bits per heavy atom. The van der Waals surface area contributed by atoms with Gasteiger partial charge in [0.2, 0.25) is 0 Å². The van der Waals surface area contributed by atoms with Crippen LogP contribution >= 0.6 is 0 Å². The zero-order chi connectivity index (χ0) is 14.1. The van der Waals surface area contributed by atoms with Crippen molar-refractivity contribution in [2.75, 3.05) is 7.05 Å². The van der Waals surface area contributed by atoms with Gasteiger partial charge in [-0.25, -0.2) is 4.39 Å². The van der Waals surface area contributed by atoms with Crippen LogP contribution < -0.4 is 10.1 Å². The van der Waals surface area contributed by atoms with E-state index in [0.717, 1.165) is 17.7 Å². The Balaban J connectivity index is 1.95. The largest absolute Gasteiger partial charge is 0.485 e. The van der Waals surface area contributed by atoms with Crippen molar-refractivity contribution in [2.24, 2.45) is 0 Å². The molecule has 3 heteroatoms. The number of halogens is 1. The predicted octanol–water partition coefficient (Wildman–Crippen LogP) is 3.92. The first-order chi connectivity index (χ1) is 9.69.